The number of rotatable bonds is 1. The van der Waals surface area contributed by atoms with E-state index in [-0.39, 0.29) is 0 Å². The van der Waals surface area contributed by atoms with Crippen LogP contribution in [0.2, 0.25) is 0 Å². The fourth-order valence-corrected chi connectivity index (χ4v) is 3.16. The van der Waals surface area contributed by atoms with Gasteiger partial charge in [0.1, 0.15) is 17.5 Å². The SMILES string of the molecule is Cc1nc(N)cc(N2CC3CCCC3C2)n1. The fraction of sp³-hybridized carbons (Fsp3) is 0.667. The Morgan fingerprint density at radius 2 is 1.94 bits per heavy atom. The van der Waals surface area contributed by atoms with Crippen molar-refractivity contribution < 1.29 is 0 Å². The molecule has 1 aromatic rings. The van der Waals surface area contributed by atoms with E-state index < -0.39 is 0 Å². The highest BCUT2D eigenvalue weighted by Crippen LogP contribution is 2.39. The molecular weight excluding hydrogens is 200 g/mol. The molecule has 2 heterocycles. The molecule has 2 atom stereocenters. The zero-order chi connectivity index (χ0) is 11.1. The van der Waals surface area contributed by atoms with Crippen molar-refractivity contribution in [1.29, 1.82) is 0 Å². The first-order chi connectivity index (χ1) is 7.72. The number of nitrogen functional groups attached to an aromatic ring is 1. The molecular formula is C12H18N4. The molecule has 1 aliphatic carbocycles. The summed E-state index contributed by atoms with van der Waals surface area (Å²) in [5.41, 5.74) is 5.77. The van der Waals surface area contributed by atoms with Crippen LogP contribution in [0.15, 0.2) is 6.07 Å². The highest BCUT2D eigenvalue weighted by molar-refractivity contribution is 5.48. The van der Waals surface area contributed by atoms with Gasteiger partial charge in [-0.15, -0.1) is 0 Å². The van der Waals surface area contributed by atoms with Gasteiger partial charge < -0.3 is 10.6 Å². The third-order valence-corrected chi connectivity index (χ3v) is 3.89. The summed E-state index contributed by atoms with van der Waals surface area (Å²) in [7, 11) is 0. The lowest BCUT2D eigenvalue weighted by Crippen LogP contribution is -2.22. The summed E-state index contributed by atoms with van der Waals surface area (Å²) in [4.78, 5) is 11.0. The van der Waals surface area contributed by atoms with Crippen LogP contribution >= 0.6 is 0 Å². The van der Waals surface area contributed by atoms with Crippen LogP contribution in [0.4, 0.5) is 11.6 Å². The zero-order valence-electron chi connectivity index (χ0n) is 9.69. The zero-order valence-corrected chi connectivity index (χ0v) is 9.69. The van der Waals surface area contributed by atoms with Gasteiger partial charge in [0.15, 0.2) is 0 Å². The molecule has 1 aromatic heterocycles. The van der Waals surface area contributed by atoms with Crippen LogP contribution in [0.25, 0.3) is 0 Å². The highest BCUT2D eigenvalue weighted by Gasteiger charge is 2.36. The van der Waals surface area contributed by atoms with Gasteiger partial charge in [-0.2, -0.15) is 0 Å². The summed E-state index contributed by atoms with van der Waals surface area (Å²) in [5, 5.41) is 0. The Kier molecular flexibility index (Phi) is 2.23. The Hall–Kier alpha value is -1.32. The molecule has 0 spiro atoms. The van der Waals surface area contributed by atoms with Crippen molar-refractivity contribution in [2.45, 2.75) is 26.2 Å². The third-order valence-electron chi connectivity index (χ3n) is 3.89. The molecule has 16 heavy (non-hydrogen) atoms. The van der Waals surface area contributed by atoms with Crippen LogP contribution in [0.1, 0.15) is 25.1 Å². The summed E-state index contributed by atoms with van der Waals surface area (Å²) < 4.78 is 0. The number of fused-ring (bicyclic) bond motifs is 1. The second-order valence-corrected chi connectivity index (χ2v) is 5.05. The molecule has 3 rings (SSSR count). The minimum Gasteiger partial charge on any atom is -0.384 e. The first kappa shape index (κ1) is 9.87. The molecule has 1 saturated heterocycles. The molecule has 4 heteroatoms. The van der Waals surface area contributed by atoms with Gasteiger partial charge in [-0.3, -0.25) is 0 Å². The van der Waals surface area contributed by atoms with Crippen molar-refractivity contribution in [2.24, 2.45) is 11.8 Å². The summed E-state index contributed by atoms with van der Waals surface area (Å²) >= 11 is 0. The summed E-state index contributed by atoms with van der Waals surface area (Å²) in [5.74, 6) is 4.14. The van der Waals surface area contributed by atoms with Gasteiger partial charge in [-0.1, -0.05) is 6.42 Å². The Balaban J connectivity index is 1.83. The van der Waals surface area contributed by atoms with Crippen molar-refractivity contribution in [3.05, 3.63) is 11.9 Å². The van der Waals surface area contributed by atoms with E-state index in [1.54, 1.807) is 0 Å². The van der Waals surface area contributed by atoms with Crippen LogP contribution in [0, 0.1) is 18.8 Å². The number of nitrogens with two attached hydrogens (primary N) is 1. The standard InChI is InChI=1S/C12H18N4/c1-8-14-11(13)5-12(15-8)16-6-9-3-2-4-10(9)7-16/h5,9-10H,2-4,6-7H2,1H3,(H2,13,14,15). The molecule has 1 aliphatic heterocycles. The quantitative estimate of drug-likeness (QED) is 0.778. The molecule has 2 fully saturated rings. The maximum absolute atomic E-state index is 5.77. The van der Waals surface area contributed by atoms with Gasteiger partial charge in [0.25, 0.3) is 0 Å². The average molecular weight is 218 g/mol. The number of aromatic nitrogens is 2. The van der Waals surface area contributed by atoms with Gasteiger partial charge >= 0.3 is 0 Å². The van der Waals surface area contributed by atoms with Crippen LogP contribution in [0.5, 0.6) is 0 Å². The van der Waals surface area contributed by atoms with Gasteiger partial charge in [-0.05, 0) is 31.6 Å². The molecule has 4 nitrogen and oxygen atoms in total. The number of hydrogen-bond donors (Lipinski definition) is 1. The minimum atomic E-state index is 0.583. The molecule has 86 valence electrons. The molecule has 2 aliphatic rings. The van der Waals surface area contributed by atoms with Gasteiger partial charge in [0.05, 0.1) is 0 Å². The van der Waals surface area contributed by atoms with E-state index in [4.69, 9.17) is 5.73 Å². The van der Waals surface area contributed by atoms with E-state index in [2.05, 4.69) is 14.9 Å². The Labute approximate surface area is 95.9 Å². The summed E-state index contributed by atoms with van der Waals surface area (Å²) in [6.45, 7) is 4.21. The smallest absolute Gasteiger partial charge is 0.134 e. The van der Waals surface area contributed by atoms with E-state index in [1.165, 1.54) is 19.3 Å². The molecule has 0 bridgehead atoms. The Morgan fingerprint density at radius 1 is 1.25 bits per heavy atom. The van der Waals surface area contributed by atoms with Crippen LogP contribution in [-0.4, -0.2) is 23.1 Å². The second-order valence-electron chi connectivity index (χ2n) is 5.05. The molecule has 2 unspecified atom stereocenters. The van der Waals surface area contributed by atoms with E-state index in [0.29, 0.717) is 5.82 Å². The van der Waals surface area contributed by atoms with Gasteiger partial charge in [-0.25, -0.2) is 9.97 Å². The number of nitrogens with zero attached hydrogens (tertiary/aromatic N) is 3. The summed E-state index contributed by atoms with van der Waals surface area (Å²) in [6, 6.07) is 1.90. The lowest BCUT2D eigenvalue weighted by Gasteiger charge is -2.18. The largest absolute Gasteiger partial charge is 0.384 e. The topological polar surface area (TPSA) is 55.0 Å². The van der Waals surface area contributed by atoms with Crippen LogP contribution < -0.4 is 10.6 Å². The Morgan fingerprint density at radius 3 is 2.56 bits per heavy atom. The normalized spacial score (nSPS) is 28.4. The van der Waals surface area contributed by atoms with Gasteiger partial charge in [0.2, 0.25) is 0 Å². The van der Waals surface area contributed by atoms with E-state index in [9.17, 15) is 0 Å². The maximum Gasteiger partial charge on any atom is 0.134 e. The number of aryl methyl sites for hydroxylation is 1. The molecule has 1 saturated carbocycles. The predicted octanol–water partition coefficient (Wildman–Crippen LogP) is 1.60. The number of anilines is 2. The minimum absolute atomic E-state index is 0.583. The van der Waals surface area contributed by atoms with E-state index >= 15 is 0 Å². The fourth-order valence-electron chi connectivity index (χ4n) is 3.16. The maximum atomic E-state index is 5.77. The number of hydrogen-bond acceptors (Lipinski definition) is 4. The lowest BCUT2D eigenvalue weighted by atomic mass is 10.0. The summed E-state index contributed by atoms with van der Waals surface area (Å²) in [6.07, 6.45) is 4.19. The van der Waals surface area contributed by atoms with Crippen molar-refractivity contribution in [3.63, 3.8) is 0 Å². The van der Waals surface area contributed by atoms with Crippen LogP contribution in [0.3, 0.4) is 0 Å². The van der Waals surface area contributed by atoms with Crippen molar-refractivity contribution in [2.75, 3.05) is 23.7 Å². The first-order valence-electron chi connectivity index (χ1n) is 6.08. The van der Waals surface area contributed by atoms with E-state index in [0.717, 1.165) is 36.6 Å². The molecule has 0 aromatic carbocycles. The monoisotopic (exact) mass is 218 g/mol. The van der Waals surface area contributed by atoms with Crippen molar-refractivity contribution in [1.82, 2.24) is 9.97 Å². The van der Waals surface area contributed by atoms with Crippen molar-refractivity contribution in [3.8, 4) is 0 Å². The Bertz CT molecular complexity index is 372. The molecule has 0 radical (unpaired) electrons. The first-order valence-corrected chi connectivity index (χ1v) is 6.08. The van der Waals surface area contributed by atoms with Gasteiger partial charge in [0, 0.05) is 19.2 Å². The highest BCUT2D eigenvalue weighted by atomic mass is 15.2. The molecule has 2 N–H and O–H groups in total. The third kappa shape index (κ3) is 1.62. The van der Waals surface area contributed by atoms with E-state index in [1.807, 2.05) is 13.0 Å². The molecule has 0 amide bonds. The predicted molar refractivity (Wildman–Crippen MR) is 64.2 cm³/mol. The lowest BCUT2D eigenvalue weighted by molar-refractivity contribution is 0.494. The van der Waals surface area contributed by atoms with Crippen LogP contribution in [-0.2, 0) is 0 Å². The average Bonchev–Trinajstić information content (AvgIpc) is 2.74. The second kappa shape index (κ2) is 3.61. The van der Waals surface area contributed by atoms with Crippen molar-refractivity contribution >= 4 is 11.6 Å².